The molecular weight excluding hydrogens is 279 g/mol. The quantitative estimate of drug-likeness (QED) is 0.601. The first-order valence-electron chi connectivity index (χ1n) is 6.48. The number of amides is 1. The fraction of sp³-hybridized carbons (Fsp3) is 0.429. The summed E-state index contributed by atoms with van der Waals surface area (Å²) >= 11 is 0. The molecule has 0 saturated carbocycles. The van der Waals surface area contributed by atoms with E-state index in [1.54, 1.807) is 6.92 Å². The molecule has 0 heterocycles. The topological polar surface area (TPSA) is 81.9 Å². The van der Waals surface area contributed by atoms with E-state index in [1.807, 2.05) is 0 Å². The van der Waals surface area contributed by atoms with Gasteiger partial charge in [0.15, 0.2) is 0 Å². The van der Waals surface area contributed by atoms with E-state index >= 15 is 0 Å². The molecule has 0 bridgehead atoms. The van der Waals surface area contributed by atoms with Crippen LogP contribution in [0.3, 0.4) is 0 Å². The second-order valence-corrected chi connectivity index (χ2v) is 4.26. The Hall–Kier alpha value is -2.15. The van der Waals surface area contributed by atoms with Crippen LogP contribution in [0.4, 0.5) is 10.1 Å². The Labute approximate surface area is 122 Å². The lowest BCUT2D eigenvalue weighted by Crippen LogP contribution is -2.39. The first-order chi connectivity index (χ1) is 9.99. The molecule has 0 saturated heterocycles. The molecule has 0 aliphatic heterocycles. The molecule has 0 spiro atoms. The van der Waals surface area contributed by atoms with Crippen molar-refractivity contribution in [3.63, 3.8) is 0 Å². The Morgan fingerprint density at radius 1 is 1.38 bits per heavy atom. The minimum absolute atomic E-state index is 0.00963. The van der Waals surface area contributed by atoms with Crippen LogP contribution >= 0.6 is 0 Å². The number of ether oxygens (including phenoxy) is 2. The molecule has 0 fully saturated rings. The van der Waals surface area contributed by atoms with Crippen LogP contribution < -0.4 is 5.73 Å². The molecule has 0 radical (unpaired) electrons. The molecule has 116 valence electrons. The number of benzene rings is 1. The number of hydrogen-bond acceptors (Lipinski definition) is 5. The van der Waals surface area contributed by atoms with Gasteiger partial charge in [0.25, 0.3) is 5.91 Å². The van der Waals surface area contributed by atoms with Crippen molar-refractivity contribution in [2.75, 3.05) is 39.1 Å². The van der Waals surface area contributed by atoms with Gasteiger partial charge < -0.3 is 20.1 Å². The summed E-state index contributed by atoms with van der Waals surface area (Å²) in [5.74, 6) is -1.66. The van der Waals surface area contributed by atoms with Gasteiger partial charge in [-0.3, -0.25) is 9.59 Å². The molecular formula is C14H19FN2O4. The zero-order valence-electron chi connectivity index (χ0n) is 12.1. The van der Waals surface area contributed by atoms with E-state index in [0.29, 0.717) is 0 Å². The van der Waals surface area contributed by atoms with E-state index in [4.69, 9.17) is 15.2 Å². The Morgan fingerprint density at radius 2 is 2.10 bits per heavy atom. The third-order valence-electron chi connectivity index (χ3n) is 2.72. The average molecular weight is 298 g/mol. The summed E-state index contributed by atoms with van der Waals surface area (Å²) in [7, 11) is 1.48. The van der Waals surface area contributed by atoms with Crippen molar-refractivity contribution in [3.8, 4) is 0 Å². The Morgan fingerprint density at radius 3 is 2.71 bits per heavy atom. The van der Waals surface area contributed by atoms with Crippen molar-refractivity contribution in [2.24, 2.45) is 0 Å². The highest BCUT2D eigenvalue weighted by molar-refractivity contribution is 6.00. The SMILES string of the molecule is CCOC(=O)CN(CCOC)C(=O)c1cc(F)ccc1N. The number of halogens is 1. The minimum Gasteiger partial charge on any atom is -0.465 e. The maximum atomic E-state index is 13.3. The third-order valence-corrected chi connectivity index (χ3v) is 2.72. The van der Waals surface area contributed by atoms with Gasteiger partial charge in [-0.1, -0.05) is 0 Å². The van der Waals surface area contributed by atoms with Crippen LogP contribution in [0.5, 0.6) is 0 Å². The van der Waals surface area contributed by atoms with Crippen molar-refractivity contribution < 1.29 is 23.5 Å². The van der Waals surface area contributed by atoms with Gasteiger partial charge in [0.05, 0.1) is 18.8 Å². The lowest BCUT2D eigenvalue weighted by atomic mass is 10.1. The highest BCUT2D eigenvalue weighted by Crippen LogP contribution is 2.16. The zero-order chi connectivity index (χ0) is 15.8. The number of hydrogen-bond donors (Lipinski definition) is 1. The average Bonchev–Trinajstić information content (AvgIpc) is 2.45. The summed E-state index contributed by atoms with van der Waals surface area (Å²) < 4.78 is 23.0. The van der Waals surface area contributed by atoms with Gasteiger partial charge in [-0.15, -0.1) is 0 Å². The van der Waals surface area contributed by atoms with Crippen molar-refractivity contribution in [1.29, 1.82) is 0 Å². The number of carbonyl (C=O) groups excluding carboxylic acids is 2. The Kier molecular flexibility index (Phi) is 6.61. The maximum absolute atomic E-state index is 13.3. The van der Waals surface area contributed by atoms with Crippen LogP contribution in [-0.2, 0) is 14.3 Å². The van der Waals surface area contributed by atoms with Crippen molar-refractivity contribution in [3.05, 3.63) is 29.6 Å². The number of nitrogen functional groups attached to an aromatic ring is 1. The van der Waals surface area contributed by atoms with Gasteiger partial charge >= 0.3 is 5.97 Å². The first kappa shape index (κ1) is 16.9. The van der Waals surface area contributed by atoms with Crippen LogP contribution in [0.2, 0.25) is 0 Å². The number of rotatable bonds is 7. The fourth-order valence-electron chi connectivity index (χ4n) is 1.70. The molecule has 0 atom stereocenters. The van der Waals surface area contributed by atoms with E-state index < -0.39 is 17.7 Å². The van der Waals surface area contributed by atoms with Gasteiger partial charge in [0, 0.05) is 19.3 Å². The lowest BCUT2D eigenvalue weighted by molar-refractivity contribution is -0.143. The fourth-order valence-corrected chi connectivity index (χ4v) is 1.70. The second-order valence-electron chi connectivity index (χ2n) is 4.26. The molecule has 6 nitrogen and oxygen atoms in total. The minimum atomic E-state index is -0.574. The molecule has 1 rings (SSSR count). The van der Waals surface area contributed by atoms with Crippen LogP contribution in [0.25, 0.3) is 0 Å². The van der Waals surface area contributed by atoms with E-state index in [-0.39, 0.29) is 37.6 Å². The van der Waals surface area contributed by atoms with E-state index in [2.05, 4.69) is 0 Å². The Balaban J connectivity index is 2.92. The van der Waals surface area contributed by atoms with Gasteiger partial charge in [-0.2, -0.15) is 0 Å². The highest BCUT2D eigenvalue weighted by Gasteiger charge is 2.21. The predicted octanol–water partition coefficient (Wildman–Crippen LogP) is 1.06. The molecule has 2 N–H and O–H groups in total. The number of nitrogens with zero attached hydrogens (tertiary/aromatic N) is 1. The van der Waals surface area contributed by atoms with E-state index in [0.717, 1.165) is 12.1 Å². The molecule has 1 aromatic rings. The van der Waals surface area contributed by atoms with Crippen LogP contribution in [0, 0.1) is 5.82 Å². The smallest absolute Gasteiger partial charge is 0.325 e. The zero-order valence-corrected chi connectivity index (χ0v) is 12.1. The number of carbonyl (C=O) groups is 2. The number of methoxy groups -OCH3 is 1. The van der Waals surface area contributed by atoms with Gasteiger partial charge in [0.1, 0.15) is 12.4 Å². The summed E-state index contributed by atoms with van der Waals surface area (Å²) in [6.45, 7) is 2.05. The summed E-state index contributed by atoms with van der Waals surface area (Å²) in [4.78, 5) is 25.1. The lowest BCUT2D eigenvalue weighted by Gasteiger charge is -2.22. The van der Waals surface area contributed by atoms with Crippen LogP contribution in [0.1, 0.15) is 17.3 Å². The highest BCUT2D eigenvalue weighted by atomic mass is 19.1. The normalized spacial score (nSPS) is 10.2. The molecule has 7 heteroatoms. The summed E-state index contributed by atoms with van der Waals surface area (Å²) in [6, 6.07) is 3.51. The number of nitrogens with two attached hydrogens (primary N) is 1. The largest absolute Gasteiger partial charge is 0.465 e. The molecule has 1 amide bonds. The van der Waals surface area contributed by atoms with Crippen LogP contribution in [0.15, 0.2) is 18.2 Å². The molecule has 0 aliphatic rings. The third kappa shape index (κ3) is 5.03. The molecule has 21 heavy (non-hydrogen) atoms. The predicted molar refractivity (Wildman–Crippen MR) is 75.2 cm³/mol. The monoisotopic (exact) mass is 298 g/mol. The van der Waals surface area contributed by atoms with E-state index in [1.165, 1.54) is 18.1 Å². The van der Waals surface area contributed by atoms with Crippen molar-refractivity contribution in [1.82, 2.24) is 4.90 Å². The molecule has 0 unspecified atom stereocenters. The summed E-state index contributed by atoms with van der Waals surface area (Å²) in [5, 5.41) is 0. The van der Waals surface area contributed by atoms with E-state index in [9.17, 15) is 14.0 Å². The number of esters is 1. The number of anilines is 1. The van der Waals surface area contributed by atoms with Crippen molar-refractivity contribution in [2.45, 2.75) is 6.92 Å². The van der Waals surface area contributed by atoms with Crippen LogP contribution in [-0.4, -0.2) is 50.2 Å². The summed E-state index contributed by atoms with van der Waals surface area (Å²) in [5.41, 5.74) is 5.84. The molecule has 0 aliphatic carbocycles. The van der Waals surface area contributed by atoms with Crippen molar-refractivity contribution >= 4 is 17.6 Å². The van der Waals surface area contributed by atoms with Gasteiger partial charge in [0.2, 0.25) is 0 Å². The van der Waals surface area contributed by atoms with Gasteiger partial charge in [-0.25, -0.2) is 4.39 Å². The standard InChI is InChI=1S/C14H19FN2O4/c1-3-21-13(18)9-17(6-7-20-2)14(19)11-8-10(15)4-5-12(11)16/h4-5,8H,3,6-7,9,16H2,1-2H3. The first-order valence-corrected chi connectivity index (χ1v) is 6.48. The molecule has 0 aromatic heterocycles. The summed E-state index contributed by atoms with van der Waals surface area (Å²) in [6.07, 6.45) is 0. The Bertz CT molecular complexity index is 508. The second kappa shape index (κ2) is 8.21. The van der Waals surface area contributed by atoms with Gasteiger partial charge in [-0.05, 0) is 25.1 Å². The maximum Gasteiger partial charge on any atom is 0.325 e. The molecule has 1 aromatic carbocycles.